The van der Waals surface area contributed by atoms with Crippen LogP contribution in [0.25, 0.3) is 0 Å². The van der Waals surface area contributed by atoms with E-state index >= 15 is 0 Å². The molecule has 1 N–H and O–H groups in total. The summed E-state index contributed by atoms with van der Waals surface area (Å²) in [7, 11) is 0. The predicted octanol–water partition coefficient (Wildman–Crippen LogP) is 3.32. The van der Waals surface area contributed by atoms with Crippen LogP contribution < -0.4 is 5.32 Å². The predicted molar refractivity (Wildman–Crippen MR) is 76.5 cm³/mol. The first-order valence-electron chi connectivity index (χ1n) is 5.95. The second-order valence-corrected chi connectivity index (χ2v) is 7.21. The average molecular weight is 288 g/mol. The zero-order valence-corrected chi connectivity index (χ0v) is 12.9. The number of ether oxygens (including phenoxy) is 1. The standard InChI is InChI=1S/C12H20N2O2S2/c1-5-9-14-8-10(18-9)17-7-6-13-11(15)16-12(2,3)4/h8H,5-7H2,1-4H3,(H,13,15). The third kappa shape index (κ3) is 6.26. The molecule has 0 aromatic carbocycles. The van der Waals surface area contributed by atoms with E-state index in [0.717, 1.165) is 17.2 Å². The number of hydrogen-bond acceptors (Lipinski definition) is 5. The first-order valence-corrected chi connectivity index (χ1v) is 7.75. The van der Waals surface area contributed by atoms with Crippen LogP contribution in [-0.4, -0.2) is 29.0 Å². The van der Waals surface area contributed by atoms with Gasteiger partial charge in [0.15, 0.2) is 0 Å². The van der Waals surface area contributed by atoms with Gasteiger partial charge in [0, 0.05) is 12.3 Å². The highest BCUT2D eigenvalue weighted by atomic mass is 32.2. The Morgan fingerprint density at radius 2 is 2.28 bits per heavy atom. The van der Waals surface area contributed by atoms with Crippen molar-refractivity contribution < 1.29 is 9.53 Å². The average Bonchev–Trinajstić information content (AvgIpc) is 2.70. The van der Waals surface area contributed by atoms with Crippen molar-refractivity contribution in [2.45, 2.75) is 43.9 Å². The highest BCUT2D eigenvalue weighted by Crippen LogP contribution is 2.24. The fourth-order valence-corrected chi connectivity index (χ4v) is 3.04. The minimum Gasteiger partial charge on any atom is -0.444 e. The fraction of sp³-hybridized carbons (Fsp3) is 0.667. The number of alkyl carbamates (subject to hydrolysis) is 1. The van der Waals surface area contributed by atoms with Crippen LogP contribution in [0.3, 0.4) is 0 Å². The number of hydrogen-bond donors (Lipinski definition) is 1. The molecule has 1 amide bonds. The summed E-state index contributed by atoms with van der Waals surface area (Å²) in [6.07, 6.45) is 2.50. The second kappa shape index (κ2) is 6.99. The summed E-state index contributed by atoms with van der Waals surface area (Å²) >= 11 is 3.41. The molecule has 1 rings (SSSR count). The van der Waals surface area contributed by atoms with E-state index in [2.05, 4.69) is 17.2 Å². The molecule has 0 bridgehead atoms. The lowest BCUT2D eigenvalue weighted by Crippen LogP contribution is -2.33. The third-order valence-corrected chi connectivity index (χ3v) is 4.19. The van der Waals surface area contributed by atoms with Crippen LogP contribution in [0.2, 0.25) is 0 Å². The van der Waals surface area contributed by atoms with E-state index in [-0.39, 0.29) is 6.09 Å². The Kier molecular flexibility index (Phi) is 5.95. The van der Waals surface area contributed by atoms with Gasteiger partial charge in [-0.1, -0.05) is 6.92 Å². The van der Waals surface area contributed by atoms with Crippen LogP contribution in [-0.2, 0) is 11.2 Å². The van der Waals surface area contributed by atoms with E-state index in [4.69, 9.17) is 4.74 Å². The molecule has 1 aromatic rings. The first-order chi connectivity index (χ1) is 8.40. The molecule has 0 aliphatic carbocycles. The Morgan fingerprint density at radius 1 is 1.56 bits per heavy atom. The molecule has 1 aromatic heterocycles. The molecule has 18 heavy (non-hydrogen) atoms. The minimum absolute atomic E-state index is 0.360. The number of aryl methyl sites for hydroxylation is 1. The highest BCUT2D eigenvalue weighted by molar-refractivity contribution is 8.01. The largest absolute Gasteiger partial charge is 0.444 e. The molecule has 4 nitrogen and oxygen atoms in total. The molecule has 0 atom stereocenters. The number of nitrogens with zero attached hydrogens (tertiary/aromatic N) is 1. The van der Waals surface area contributed by atoms with Crippen LogP contribution in [0.15, 0.2) is 10.4 Å². The van der Waals surface area contributed by atoms with Crippen molar-refractivity contribution in [1.29, 1.82) is 0 Å². The van der Waals surface area contributed by atoms with Gasteiger partial charge in [-0.3, -0.25) is 0 Å². The van der Waals surface area contributed by atoms with Gasteiger partial charge in [-0.15, -0.1) is 23.1 Å². The number of nitrogens with one attached hydrogen (secondary N) is 1. The summed E-state index contributed by atoms with van der Waals surface area (Å²) in [5.74, 6) is 0.824. The molecule has 0 aliphatic heterocycles. The Morgan fingerprint density at radius 3 is 2.83 bits per heavy atom. The Balaban J connectivity index is 2.17. The Hall–Kier alpha value is -0.750. The monoisotopic (exact) mass is 288 g/mol. The number of thioether (sulfide) groups is 1. The van der Waals surface area contributed by atoms with E-state index in [1.807, 2.05) is 27.0 Å². The summed E-state index contributed by atoms with van der Waals surface area (Å²) < 4.78 is 6.33. The SMILES string of the molecule is CCc1ncc(SCCNC(=O)OC(C)(C)C)s1. The van der Waals surface area contributed by atoms with Crippen LogP contribution in [0, 0.1) is 0 Å². The van der Waals surface area contributed by atoms with Gasteiger partial charge in [-0.2, -0.15) is 0 Å². The lowest BCUT2D eigenvalue weighted by atomic mass is 10.2. The molecular weight excluding hydrogens is 268 g/mol. The molecule has 0 spiro atoms. The van der Waals surface area contributed by atoms with Crippen LogP contribution >= 0.6 is 23.1 Å². The highest BCUT2D eigenvalue weighted by Gasteiger charge is 2.15. The molecule has 0 aliphatic rings. The fourth-order valence-electron chi connectivity index (χ4n) is 1.14. The number of amides is 1. The summed E-state index contributed by atoms with van der Waals surface area (Å²) in [6.45, 7) is 8.25. The molecule has 0 saturated carbocycles. The van der Waals surface area contributed by atoms with Gasteiger partial charge in [0.05, 0.1) is 15.4 Å². The van der Waals surface area contributed by atoms with Crippen molar-refractivity contribution >= 4 is 29.2 Å². The van der Waals surface area contributed by atoms with Gasteiger partial charge >= 0.3 is 6.09 Å². The van der Waals surface area contributed by atoms with Crippen LogP contribution in [0.5, 0.6) is 0 Å². The Labute approximate surface area is 117 Å². The quantitative estimate of drug-likeness (QED) is 0.667. The van der Waals surface area contributed by atoms with Crippen LogP contribution in [0.4, 0.5) is 4.79 Å². The summed E-state index contributed by atoms with van der Waals surface area (Å²) in [6, 6.07) is 0. The van der Waals surface area contributed by atoms with Gasteiger partial charge in [0.2, 0.25) is 0 Å². The van der Waals surface area contributed by atoms with E-state index in [9.17, 15) is 4.79 Å². The van der Waals surface area contributed by atoms with Crippen LogP contribution in [0.1, 0.15) is 32.7 Å². The van der Waals surface area contributed by atoms with Crippen molar-refractivity contribution in [2.24, 2.45) is 0 Å². The summed E-state index contributed by atoms with van der Waals surface area (Å²) in [5, 5.41) is 3.88. The molecule has 0 unspecified atom stereocenters. The number of carbonyl (C=O) groups is 1. The zero-order valence-electron chi connectivity index (χ0n) is 11.3. The van der Waals surface area contributed by atoms with Gasteiger partial charge in [-0.25, -0.2) is 9.78 Å². The third-order valence-electron chi connectivity index (χ3n) is 1.85. The molecule has 6 heteroatoms. The van der Waals surface area contributed by atoms with Crippen molar-refractivity contribution in [1.82, 2.24) is 10.3 Å². The maximum absolute atomic E-state index is 11.4. The molecular formula is C12H20N2O2S2. The number of rotatable bonds is 5. The lowest BCUT2D eigenvalue weighted by molar-refractivity contribution is 0.0531. The molecule has 0 saturated heterocycles. The normalized spacial score (nSPS) is 11.3. The smallest absolute Gasteiger partial charge is 0.407 e. The maximum Gasteiger partial charge on any atom is 0.407 e. The molecule has 0 fully saturated rings. The van der Waals surface area contributed by atoms with Gasteiger partial charge in [-0.05, 0) is 27.2 Å². The topological polar surface area (TPSA) is 51.2 Å². The van der Waals surface area contributed by atoms with E-state index < -0.39 is 5.60 Å². The van der Waals surface area contributed by atoms with Gasteiger partial charge < -0.3 is 10.1 Å². The second-order valence-electron chi connectivity index (χ2n) is 4.70. The first kappa shape index (κ1) is 15.3. The molecule has 1 heterocycles. The summed E-state index contributed by atoms with van der Waals surface area (Å²) in [5.41, 5.74) is -0.440. The van der Waals surface area contributed by atoms with Gasteiger partial charge in [0.25, 0.3) is 0 Å². The van der Waals surface area contributed by atoms with Crippen molar-refractivity contribution in [3.05, 3.63) is 11.2 Å². The molecule has 102 valence electrons. The number of carbonyl (C=O) groups excluding carboxylic acids is 1. The van der Waals surface area contributed by atoms with E-state index in [0.29, 0.717) is 6.54 Å². The zero-order chi connectivity index (χ0) is 13.6. The van der Waals surface area contributed by atoms with E-state index in [1.54, 1.807) is 23.1 Å². The summed E-state index contributed by atoms with van der Waals surface area (Å²) in [4.78, 5) is 15.7. The van der Waals surface area contributed by atoms with Crippen molar-refractivity contribution in [3.63, 3.8) is 0 Å². The maximum atomic E-state index is 11.4. The molecule has 0 radical (unpaired) electrons. The number of thiazole rings is 1. The Bertz CT molecular complexity index is 386. The van der Waals surface area contributed by atoms with Gasteiger partial charge in [0.1, 0.15) is 5.60 Å². The van der Waals surface area contributed by atoms with E-state index in [1.165, 1.54) is 4.21 Å². The minimum atomic E-state index is -0.440. The van der Waals surface area contributed by atoms with Crippen molar-refractivity contribution in [3.8, 4) is 0 Å². The van der Waals surface area contributed by atoms with Crippen molar-refractivity contribution in [2.75, 3.05) is 12.3 Å². The lowest BCUT2D eigenvalue weighted by Gasteiger charge is -2.19. The number of aromatic nitrogens is 1.